The van der Waals surface area contributed by atoms with Crippen LogP contribution >= 0.6 is 0 Å². The number of benzene rings is 1. The van der Waals surface area contributed by atoms with E-state index in [1.807, 2.05) is 48.4 Å². The molecule has 0 unspecified atom stereocenters. The third-order valence-electron chi connectivity index (χ3n) is 4.93. The summed E-state index contributed by atoms with van der Waals surface area (Å²) in [5.74, 6) is 1.07. The van der Waals surface area contributed by atoms with Crippen LogP contribution in [0.25, 0.3) is 10.9 Å². The maximum absolute atomic E-state index is 13.0. The van der Waals surface area contributed by atoms with E-state index in [0.717, 1.165) is 28.8 Å². The predicted octanol–water partition coefficient (Wildman–Crippen LogP) is 2.79. The average molecular weight is 339 g/mol. The van der Waals surface area contributed by atoms with Gasteiger partial charge in [-0.1, -0.05) is 17.3 Å². The maximum Gasteiger partial charge on any atom is 0.256 e. The highest BCUT2D eigenvalue weighted by atomic mass is 16.5. The van der Waals surface area contributed by atoms with Gasteiger partial charge in [-0.3, -0.25) is 4.79 Å². The lowest BCUT2D eigenvalue weighted by molar-refractivity contribution is 0.0673. The van der Waals surface area contributed by atoms with Crippen LogP contribution in [0.1, 0.15) is 21.8 Å². The van der Waals surface area contributed by atoms with Crippen LogP contribution in [0.15, 0.2) is 41.1 Å². The number of hydrogen-bond acceptors (Lipinski definition) is 4. The molecule has 3 heterocycles. The van der Waals surface area contributed by atoms with Crippen LogP contribution in [0.2, 0.25) is 0 Å². The quantitative estimate of drug-likeness (QED) is 0.793. The molecule has 0 aliphatic carbocycles. The number of aryl methyl sites for hydroxylation is 1. The van der Waals surface area contributed by atoms with Gasteiger partial charge in [0.25, 0.3) is 5.91 Å². The van der Waals surface area contributed by atoms with Crippen LogP contribution in [0.4, 0.5) is 0 Å². The average Bonchev–Trinajstić information content (AvgIpc) is 3.33. The van der Waals surface area contributed by atoms with E-state index in [0.29, 0.717) is 18.7 Å². The molecule has 1 fully saturated rings. The summed E-state index contributed by atoms with van der Waals surface area (Å²) < 4.78 is 11.0. The Bertz CT molecular complexity index is 898. The van der Waals surface area contributed by atoms with Crippen molar-refractivity contribution in [3.8, 4) is 0 Å². The summed E-state index contributed by atoms with van der Waals surface area (Å²) in [4.78, 5) is 18.1. The molecule has 1 aliphatic heterocycles. The minimum Gasteiger partial charge on any atom is -0.379 e. The third kappa shape index (κ3) is 2.93. The zero-order valence-electron chi connectivity index (χ0n) is 14.4. The van der Waals surface area contributed by atoms with Gasteiger partial charge in [-0.25, -0.2) is 0 Å². The van der Waals surface area contributed by atoms with E-state index in [-0.39, 0.29) is 17.9 Å². The van der Waals surface area contributed by atoms with Crippen molar-refractivity contribution < 1.29 is 14.1 Å². The van der Waals surface area contributed by atoms with Gasteiger partial charge in [0.05, 0.1) is 22.9 Å². The number of para-hydroxylation sites is 1. The molecule has 1 N–H and O–H groups in total. The van der Waals surface area contributed by atoms with Crippen molar-refractivity contribution in [1.29, 1.82) is 0 Å². The first kappa shape index (κ1) is 15.9. The number of nitrogens with zero attached hydrogens (tertiary/aromatic N) is 2. The standard InChI is InChI=1S/C19H21N3O3/c1-12-8-15(25-21-12)9-14-10-22(11-17(14)24-2)19(23)16-5-3-4-13-6-7-20-18(13)16/h3-8,14,17,20H,9-11H2,1-2H3/t14-,17+/m1/s1. The molecule has 6 nitrogen and oxygen atoms in total. The summed E-state index contributed by atoms with van der Waals surface area (Å²) >= 11 is 0. The molecule has 0 spiro atoms. The summed E-state index contributed by atoms with van der Waals surface area (Å²) in [6.45, 7) is 3.14. The smallest absolute Gasteiger partial charge is 0.256 e. The maximum atomic E-state index is 13.0. The molecule has 0 saturated carbocycles. The third-order valence-corrected chi connectivity index (χ3v) is 4.93. The van der Waals surface area contributed by atoms with Gasteiger partial charge in [0.2, 0.25) is 0 Å². The second kappa shape index (κ2) is 6.37. The van der Waals surface area contributed by atoms with Crippen molar-refractivity contribution in [3.05, 3.63) is 53.5 Å². The number of ether oxygens (including phenoxy) is 1. The number of H-pyrrole nitrogens is 1. The molecule has 1 amide bonds. The second-order valence-electron chi connectivity index (χ2n) is 6.63. The van der Waals surface area contributed by atoms with Gasteiger partial charge >= 0.3 is 0 Å². The molecule has 6 heteroatoms. The number of amides is 1. The Balaban J connectivity index is 1.55. The van der Waals surface area contributed by atoms with Crippen molar-refractivity contribution in [1.82, 2.24) is 15.0 Å². The number of aromatic nitrogens is 2. The van der Waals surface area contributed by atoms with Gasteiger partial charge in [0.15, 0.2) is 0 Å². The highest BCUT2D eigenvalue weighted by Crippen LogP contribution is 2.27. The summed E-state index contributed by atoms with van der Waals surface area (Å²) in [7, 11) is 1.70. The van der Waals surface area contributed by atoms with Gasteiger partial charge < -0.3 is 19.1 Å². The number of carbonyl (C=O) groups is 1. The topological polar surface area (TPSA) is 71.4 Å². The fourth-order valence-corrected chi connectivity index (χ4v) is 3.67. The fourth-order valence-electron chi connectivity index (χ4n) is 3.67. The number of fused-ring (bicyclic) bond motifs is 1. The molecule has 4 rings (SSSR count). The van der Waals surface area contributed by atoms with Gasteiger partial charge in [-0.15, -0.1) is 0 Å². The lowest BCUT2D eigenvalue weighted by Gasteiger charge is -2.16. The SMILES string of the molecule is CO[C@H]1CN(C(=O)c2cccc3cc[nH]c23)C[C@H]1Cc1cc(C)no1. The van der Waals surface area contributed by atoms with E-state index < -0.39 is 0 Å². The number of hydrogen-bond donors (Lipinski definition) is 1. The van der Waals surface area contributed by atoms with Crippen LogP contribution in [0.3, 0.4) is 0 Å². The molecule has 130 valence electrons. The van der Waals surface area contributed by atoms with Crippen molar-refractivity contribution >= 4 is 16.8 Å². The Kier molecular flexibility index (Phi) is 4.05. The summed E-state index contributed by atoms with van der Waals surface area (Å²) in [5.41, 5.74) is 2.46. The molecule has 2 atom stereocenters. The Morgan fingerprint density at radius 3 is 3.04 bits per heavy atom. The van der Waals surface area contributed by atoms with E-state index in [1.54, 1.807) is 7.11 Å². The van der Waals surface area contributed by atoms with Crippen LogP contribution in [-0.4, -0.2) is 47.3 Å². The molecule has 1 saturated heterocycles. The highest BCUT2D eigenvalue weighted by Gasteiger charge is 2.36. The predicted molar refractivity (Wildman–Crippen MR) is 93.4 cm³/mol. The van der Waals surface area contributed by atoms with E-state index in [2.05, 4.69) is 10.1 Å². The Hall–Kier alpha value is -2.60. The molecular weight excluding hydrogens is 318 g/mol. The first-order chi connectivity index (χ1) is 12.2. The number of methoxy groups -OCH3 is 1. The van der Waals surface area contributed by atoms with Crippen LogP contribution in [0.5, 0.6) is 0 Å². The first-order valence-corrected chi connectivity index (χ1v) is 8.46. The number of rotatable bonds is 4. The van der Waals surface area contributed by atoms with E-state index in [1.165, 1.54) is 0 Å². The van der Waals surface area contributed by atoms with Crippen molar-refractivity contribution in [3.63, 3.8) is 0 Å². The summed E-state index contributed by atoms with van der Waals surface area (Å²) in [6, 6.07) is 9.71. The monoisotopic (exact) mass is 339 g/mol. The number of nitrogens with one attached hydrogen (secondary N) is 1. The molecule has 0 radical (unpaired) electrons. The van der Waals surface area contributed by atoms with E-state index in [4.69, 9.17) is 9.26 Å². The number of aromatic amines is 1. The Morgan fingerprint density at radius 1 is 1.40 bits per heavy atom. The van der Waals surface area contributed by atoms with Crippen molar-refractivity contribution in [2.24, 2.45) is 5.92 Å². The Morgan fingerprint density at radius 2 is 2.28 bits per heavy atom. The van der Waals surface area contributed by atoms with Crippen molar-refractivity contribution in [2.45, 2.75) is 19.4 Å². The molecule has 2 aromatic heterocycles. The minimum absolute atomic E-state index is 0.00259. The molecule has 1 aromatic carbocycles. The minimum atomic E-state index is -0.00259. The van der Waals surface area contributed by atoms with E-state index in [9.17, 15) is 4.79 Å². The fraction of sp³-hybridized carbons (Fsp3) is 0.368. The first-order valence-electron chi connectivity index (χ1n) is 8.46. The summed E-state index contributed by atoms with van der Waals surface area (Å²) in [5, 5.41) is 4.98. The van der Waals surface area contributed by atoms with Crippen LogP contribution in [-0.2, 0) is 11.2 Å². The molecule has 25 heavy (non-hydrogen) atoms. The number of carbonyl (C=O) groups excluding carboxylic acids is 1. The molecule has 3 aromatic rings. The van der Waals surface area contributed by atoms with Gasteiger partial charge in [0, 0.05) is 50.2 Å². The lowest BCUT2D eigenvalue weighted by Crippen LogP contribution is -2.30. The lowest BCUT2D eigenvalue weighted by atomic mass is 10.0. The molecule has 1 aliphatic rings. The molecular formula is C19H21N3O3. The van der Waals surface area contributed by atoms with Gasteiger partial charge in [0.1, 0.15) is 5.76 Å². The largest absolute Gasteiger partial charge is 0.379 e. The van der Waals surface area contributed by atoms with Gasteiger partial charge in [-0.2, -0.15) is 0 Å². The van der Waals surface area contributed by atoms with Crippen LogP contribution in [0, 0.1) is 12.8 Å². The summed E-state index contributed by atoms with van der Waals surface area (Å²) in [6.07, 6.45) is 2.58. The van der Waals surface area contributed by atoms with Gasteiger partial charge in [-0.05, 0) is 19.1 Å². The number of likely N-dealkylation sites (tertiary alicyclic amines) is 1. The van der Waals surface area contributed by atoms with Crippen molar-refractivity contribution in [2.75, 3.05) is 20.2 Å². The normalized spacial score (nSPS) is 20.5. The zero-order chi connectivity index (χ0) is 17.4. The van der Waals surface area contributed by atoms with E-state index >= 15 is 0 Å². The highest BCUT2D eigenvalue weighted by molar-refractivity contribution is 6.05. The molecule has 0 bridgehead atoms. The second-order valence-corrected chi connectivity index (χ2v) is 6.63. The van der Waals surface area contributed by atoms with Crippen LogP contribution < -0.4 is 0 Å². The zero-order valence-corrected chi connectivity index (χ0v) is 14.4. The Labute approximate surface area is 145 Å².